The first-order valence-electron chi connectivity index (χ1n) is 13.0. The van der Waals surface area contributed by atoms with Crippen molar-refractivity contribution in [2.75, 3.05) is 37.7 Å². The van der Waals surface area contributed by atoms with Crippen LogP contribution in [0.4, 0.5) is 10.2 Å². The van der Waals surface area contributed by atoms with E-state index in [1.54, 1.807) is 18.3 Å². The van der Waals surface area contributed by atoms with E-state index in [0.29, 0.717) is 26.3 Å². The van der Waals surface area contributed by atoms with E-state index in [2.05, 4.69) is 14.8 Å². The number of hydrogen-bond donors (Lipinski definition) is 1. The van der Waals surface area contributed by atoms with Crippen LogP contribution in [0.5, 0.6) is 0 Å². The zero-order valence-corrected chi connectivity index (χ0v) is 21.0. The SMILES string of the molecule is NC(=O)C1CCN(Cc2cccc(-c3cnc4ccc(N5CCOCC5c5cccc(F)c5)nn34)n2)CC1. The second kappa shape index (κ2) is 10.5. The van der Waals surface area contributed by atoms with Crippen LogP contribution in [0.15, 0.2) is 60.8 Å². The number of rotatable bonds is 6. The Labute approximate surface area is 220 Å². The van der Waals surface area contributed by atoms with Crippen molar-refractivity contribution in [2.45, 2.75) is 25.4 Å². The summed E-state index contributed by atoms with van der Waals surface area (Å²) in [6.45, 7) is 4.03. The number of carbonyl (C=O) groups excluding carboxylic acids is 1. The Morgan fingerprint density at radius 3 is 2.74 bits per heavy atom. The number of benzene rings is 1. The molecule has 2 fully saturated rings. The summed E-state index contributed by atoms with van der Waals surface area (Å²) in [5, 5.41) is 4.94. The number of halogens is 1. The third-order valence-corrected chi connectivity index (χ3v) is 7.45. The number of ether oxygens (including phenoxy) is 1. The number of imidazole rings is 1. The van der Waals surface area contributed by atoms with Crippen molar-refractivity contribution < 1.29 is 13.9 Å². The topological polar surface area (TPSA) is 102 Å². The monoisotopic (exact) mass is 515 g/mol. The van der Waals surface area contributed by atoms with Gasteiger partial charge in [0.1, 0.15) is 17.3 Å². The van der Waals surface area contributed by atoms with Gasteiger partial charge in [0.15, 0.2) is 5.65 Å². The molecule has 5 heterocycles. The Morgan fingerprint density at radius 1 is 1.08 bits per heavy atom. The number of pyridine rings is 1. The number of nitrogens with two attached hydrogens (primary N) is 1. The average Bonchev–Trinajstić information content (AvgIpc) is 3.37. The van der Waals surface area contributed by atoms with Gasteiger partial charge in [-0.2, -0.15) is 0 Å². The van der Waals surface area contributed by atoms with Crippen molar-refractivity contribution in [2.24, 2.45) is 11.7 Å². The molecule has 9 nitrogen and oxygen atoms in total. The summed E-state index contributed by atoms with van der Waals surface area (Å²) < 4.78 is 21.5. The largest absolute Gasteiger partial charge is 0.377 e. The lowest BCUT2D eigenvalue weighted by Gasteiger charge is -2.36. The lowest BCUT2D eigenvalue weighted by Crippen LogP contribution is -2.40. The Hall–Kier alpha value is -3.89. The van der Waals surface area contributed by atoms with E-state index in [0.717, 1.165) is 60.0 Å². The number of primary amides is 1. The van der Waals surface area contributed by atoms with Gasteiger partial charge in [-0.15, -0.1) is 5.10 Å². The summed E-state index contributed by atoms with van der Waals surface area (Å²) in [5.74, 6) is 0.263. The maximum absolute atomic E-state index is 14.0. The maximum Gasteiger partial charge on any atom is 0.220 e. The molecule has 0 spiro atoms. The molecule has 2 N–H and O–H groups in total. The minimum atomic E-state index is -0.267. The van der Waals surface area contributed by atoms with E-state index < -0.39 is 0 Å². The third-order valence-electron chi connectivity index (χ3n) is 7.45. The van der Waals surface area contributed by atoms with Gasteiger partial charge < -0.3 is 15.4 Å². The first-order valence-corrected chi connectivity index (χ1v) is 13.0. The first-order chi connectivity index (χ1) is 18.5. The minimum Gasteiger partial charge on any atom is -0.377 e. The fourth-order valence-corrected chi connectivity index (χ4v) is 5.37. The normalized spacial score (nSPS) is 19.2. The van der Waals surface area contributed by atoms with Crippen LogP contribution in [0, 0.1) is 11.7 Å². The molecule has 1 atom stereocenters. The second-order valence-electron chi connectivity index (χ2n) is 9.91. The first kappa shape index (κ1) is 24.4. The van der Waals surface area contributed by atoms with Crippen molar-refractivity contribution in [3.63, 3.8) is 0 Å². The molecule has 196 valence electrons. The van der Waals surface area contributed by atoms with Gasteiger partial charge in [-0.05, 0) is 67.9 Å². The predicted molar refractivity (Wildman–Crippen MR) is 141 cm³/mol. The lowest BCUT2D eigenvalue weighted by molar-refractivity contribution is -0.123. The highest BCUT2D eigenvalue weighted by Crippen LogP contribution is 2.30. The molecule has 10 heteroatoms. The van der Waals surface area contributed by atoms with Crippen LogP contribution in [0.2, 0.25) is 0 Å². The molecule has 1 amide bonds. The van der Waals surface area contributed by atoms with E-state index in [4.69, 9.17) is 20.6 Å². The van der Waals surface area contributed by atoms with Crippen molar-refractivity contribution in [3.05, 3.63) is 77.9 Å². The van der Waals surface area contributed by atoms with E-state index in [1.807, 2.05) is 40.9 Å². The van der Waals surface area contributed by atoms with Gasteiger partial charge in [-0.1, -0.05) is 18.2 Å². The molecule has 0 aliphatic carbocycles. The molecule has 2 aliphatic heterocycles. The quantitative estimate of drug-likeness (QED) is 0.421. The highest BCUT2D eigenvalue weighted by atomic mass is 19.1. The van der Waals surface area contributed by atoms with E-state index in [-0.39, 0.29) is 23.7 Å². The summed E-state index contributed by atoms with van der Waals surface area (Å²) in [6, 6.07) is 16.4. The Bertz CT molecular complexity index is 1450. The number of amides is 1. The molecule has 0 radical (unpaired) electrons. The number of carbonyl (C=O) groups is 1. The number of fused-ring (bicyclic) bond motifs is 1. The van der Waals surface area contributed by atoms with Gasteiger partial charge >= 0.3 is 0 Å². The van der Waals surface area contributed by atoms with Gasteiger partial charge in [0, 0.05) is 19.0 Å². The van der Waals surface area contributed by atoms with Crippen LogP contribution < -0.4 is 10.6 Å². The van der Waals surface area contributed by atoms with Crippen molar-refractivity contribution >= 4 is 17.4 Å². The molecule has 4 aromatic rings. The summed E-state index contributed by atoms with van der Waals surface area (Å²) in [7, 11) is 0. The number of nitrogens with zero attached hydrogens (tertiary/aromatic N) is 6. The zero-order valence-electron chi connectivity index (χ0n) is 21.0. The van der Waals surface area contributed by atoms with Gasteiger partial charge in [0.2, 0.25) is 5.91 Å². The number of anilines is 1. The molecular weight excluding hydrogens is 485 g/mol. The molecule has 1 unspecified atom stereocenters. The number of piperidine rings is 1. The lowest BCUT2D eigenvalue weighted by atomic mass is 9.96. The maximum atomic E-state index is 14.0. The molecule has 0 saturated carbocycles. The molecule has 1 aromatic carbocycles. The van der Waals surface area contributed by atoms with Crippen LogP contribution in [-0.4, -0.2) is 63.2 Å². The summed E-state index contributed by atoms with van der Waals surface area (Å²) in [6.07, 6.45) is 3.36. The van der Waals surface area contributed by atoms with Crippen molar-refractivity contribution in [1.29, 1.82) is 0 Å². The molecule has 2 saturated heterocycles. The molecule has 38 heavy (non-hydrogen) atoms. The second-order valence-corrected chi connectivity index (χ2v) is 9.91. The minimum absolute atomic E-state index is 0.0315. The van der Waals surface area contributed by atoms with Gasteiger partial charge in [-0.25, -0.2) is 18.9 Å². The van der Waals surface area contributed by atoms with E-state index >= 15 is 0 Å². The fraction of sp³-hybridized carbons (Fsp3) is 0.357. The Balaban J connectivity index is 1.26. The summed E-state index contributed by atoms with van der Waals surface area (Å²) >= 11 is 0. The average molecular weight is 516 g/mol. The Kier molecular flexibility index (Phi) is 6.73. The standard InChI is InChI=1S/C28H30FN7O2/c29-21-4-1-3-20(15-21)25-18-38-14-13-35(25)27-8-7-26-31-16-24(36(26)33-27)23-6-2-5-22(32-23)17-34-11-9-19(10-12-34)28(30)37/h1-8,15-16,19,25H,9-14,17-18H2,(H2,30,37). The number of morpholine rings is 1. The highest BCUT2D eigenvalue weighted by Gasteiger charge is 2.27. The van der Waals surface area contributed by atoms with Gasteiger partial charge in [0.25, 0.3) is 0 Å². The zero-order chi connectivity index (χ0) is 26.1. The van der Waals surface area contributed by atoms with Gasteiger partial charge in [-0.3, -0.25) is 9.69 Å². The summed E-state index contributed by atoms with van der Waals surface area (Å²) in [5.41, 5.74) is 9.59. The molecular formula is C28H30FN7O2. The van der Waals surface area contributed by atoms with Crippen LogP contribution in [0.3, 0.4) is 0 Å². The van der Waals surface area contributed by atoms with Gasteiger partial charge in [0.05, 0.1) is 36.8 Å². The number of likely N-dealkylation sites (tertiary alicyclic amines) is 1. The Morgan fingerprint density at radius 2 is 1.92 bits per heavy atom. The van der Waals surface area contributed by atoms with Crippen LogP contribution in [0.1, 0.15) is 30.1 Å². The summed E-state index contributed by atoms with van der Waals surface area (Å²) in [4.78, 5) is 25.4. The highest BCUT2D eigenvalue weighted by molar-refractivity contribution is 5.76. The van der Waals surface area contributed by atoms with Crippen LogP contribution >= 0.6 is 0 Å². The van der Waals surface area contributed by atoms with Crippen LogP contribution in [0.25, 0.3) is 17.0 Å². The predicted octanol–water partition coefficient (Wildman–Crippen LogP) is 3.21. The van der Waals surface area contributed by atoms with E-state index in [1.165, 1.54) is 6.07 Å². The fourth-order valence-electron chi connectivity index (χ4n) is 5.37. The third kappa shape index (κ3) is 4.97. The molecule has 0 bridgehead atoms. The number of hydrogen-bond acceptors (Lipinski definition) is 7. The van der Waals surface area contributed by atoms with Crippen LogP contribution in [-0.2, 0) is 16.1 Å². The molecule has 6 rings (SSSR count). The van der Waals surface area contributed by atoms with Crippen molar-refractivity contribution in [1.82, 2.24) is 24.5 Å². The smallest absolute Gasteiger partial charge is 0.220 e. The van der Waals surface area contributed by atoms with Crippen molar-refractivity contribution in [3.8, 4) is 11.4 Å². The number of aromatic nitrogens is 4. The molecule has 3 aromatic heterocycles. The molecule has 2 aliphatic rings. The van der Waals surface area contributed by atoms with E-state index in [9.17, 15) is 9.18 Å².